The Morgan fingerprint density at radius 3 is 2.15 bits per heavy atom. The summed E-state index contributed by atoms with van der Waals surface area (Å²) in [7, 11) is 0. The Kier molecular flexibility index (Phi) is 5.93. The van der Waals surface area contributed by atoms with Crippen molar-refractivity contribution in [2.45, 2.75) is 45.1 Å². The summed E-state index contributed by atoms with van der Waals surface area (Å²) in [5, 5.41) is 6.41. The van der Waals surface area contributed by atoms with Crippen LogP contribution in [0, 0.1) is 35.0 Å². The van der Waals surface area contributed by atoms with Crippen LogP contribution in [0.15, 0.2) is 48.5 Å². The molecule has 2 aromatic carbocycles. The summed E-state index contributed by atoms with van der Waals surface area (Å²) < 4.78 is 0. The van der Waals surface area contributed by atoms with Crippen molar-refractivity contribution in [1.82, 2.24) is 10.2 Å². The van der Waals surface area contributed by atoms with E-state index in [9.17, 15) is 4.79 Å². The molecule has 4 bridgehead atoms. The third-order valence-corrected chi connectivity index (χ3v) is 8.48. The monoisotopic (exact) mass is 453 g/mol. The maximum atomic E-state index is 12.7. The molecule has 34 heavy (non-hydrogen) atoms. The predicted octanol–water partition coefficient (Wildman–Crippen LogP) is 4.91. The second kappa shape index (κ2) is 9.21. The fourth-order valence-corrected chi connectivity index (χ4v) is 7.20. The van der Waals surface area contributed by atoms with Crippen molar-refractivity contribution in [1.29, 1.82) is 0 Å². The molecule has 0 atom stereocenters. The lowest BCUT2D eigenvalue weighted by atomic mass is 9.50. The zero-order chi connectivity index (χ0) is 23.0. The first-order valence-corrected chi connectivity index (χ1v) is 13.1. The fourth-order valence-electron chi connectivity index (χ4n) is 7.20. The molecule has 0 unspecified atom stereocenters. The van der Waals surface area contributed by atoms with Gasteiger partial charge in [0.1, 0.15) is 0 Å². The van der Waals surface area contributed by atoms with Crippen LogP contribution in [0.25, 0.3) is 0 Å². The zero-order valence-electron chi connectivity index (χ0n) is 20.0. The lowest BCUT2D eigenvalue weighted by molar-refractivity contribution is -0.0181. The molecule has 5 aliphatic rings. The molecule has 2 aromatic rings. The molecule has 4 saturated carbocycles. The van der Waals surface area contributed by atoms with Crippen LogP contribution >= 0.6 is 0 Å². The molecule has 5 fully saturated rings. The van der Waals surface area contributed by atoms with Crippen molar-refractivity contribution in [2.75, 3.05) is 31.5 Å². The molecule has 1 aliphatic heterocycles. The lowest BCUT2D eigenvalue weighted by Crippen LogP contribution is -2.45. The van der Waals surface area contributed by atoms with Crippen LogP contribution in [0.4, 0.5) is 5.69 Å². The molecular weight excluding hydrogens is 418 g/mol. The molecule has 4 heteroatoms. The van der Waals surface area contributed by atoms with Gasteiger partial charge in [0.15, 0.2) is 0 Å². The number of benzene rings is 2. The molecule has 0 radical (unpaired) electrons. The number of anilines is 1. The number of nitrogens with zero attached hydrogens (tertiary/aromatic N) is 1. The van der Waals surface area contributed by atoms with E-state index in [4.69, 9.17) is 0 Å². The molecule has 0 aromatic heterocycles. The zero-order valence-corrected chi connectivity index (χ0v) is 20.0. The van der Waals surface area contributed by atoms with E-state index in [0.29, 0.717) is 5.56 Å². The smallest absolute Gasteiger partial charge is 0.255 e. The first kappa shape index (κ1) is 21.9. The van der Waals surface area contributed by atoms with Crippen molar-refractivity contribution in [2.24, 2.45) is 23.2 Å². The number of rotatable bonds is 4. The van der Waals surface area contributed by atoms with Crippen LogP contribution in [0.2, 0.25) is 0 Å². The fraction of sp³-hybridized carbons (Fsp3) is 0.500. The number of amides is 1. The van der Waals surface area contributed by atoms with Crippen molar-refractivity contribution in [3.8, 4) is 11.8 Å². The van der Waals surface area contributed by atoms with E-state index in [1.165, 1.54) is 44.1 Å². The normalized spacial score (nSPS) is 29.9. The number of piperazine rings is 1. The minimum absolute atomic E-state index is 0.0684. The second-order valence-corrected chi connectivity index (χ2v) is 11.2. The van der Waals surface area contributed by atoms with Gasteiger partial charge in [-0.3, -0.25) is 9.69 Å². The minimum Gasteiger partial charge on any atom is -0.322 e. The maximum absolute atomic E-state index is 12.7. The summed E-state index contributed by atoms with van der Waals surface area (Å²) in [5.41, 5.74) is 4.08. The van der Waals surface area contributed by atoms with Crippen molar-refractivity contribution >= 4 is 11.6 Å². The molecule has 176 valence electrons. The van der Waals surface area contributed by atoms with E-state index >= 15 is 0 Å². The Balaban J connectivity index is 1.06. The third-order valence-electron chi connectivity index (χ3n) is 8.48. The second-order valence-electron chi connectivity index (χ2n) is 11.2. The van der Waals surface area contributed by atoms with Crippen LogP contribution in [0.3, 0.4) is 0 Å². The van der Waals surface area contributed by atoms with Gasteiger partial charge in [0.05, 0.1) is 0 Å². The summed E-state index contributed by atoms with van der Waals surface area (Å²) in [5.74, 6) is 9.91. The highest BCUT2D eigenvalue weighted by atomic mass is 16.1. The van der Waals surface area contributed by atoms with Gasteiger partial charge in [-0.05, 0) is 98.2 Å². The SMILES string of the molecule is O=C(Nc1ccc(C#CC23CC4CC(CC(C4)C2)C3)cc1)c1ccc(CN2CCNCC2)cc1. The summed E-state index contributed by atoms with van der Waals surface area (Å²) in [4.78, 5) is 15.2. The van der Waals surface area contributed by atoms with E-state index in [1.807, 2.05) is 36.4 Å². The number of carbonyl (C=O) groups excluding carboxylic acids is 1. The van der Waals surface area contributed by atoms with Crippen molar-refractivity contribution in [3.63, 3.8) is 0 Å². The van der Waals surface area contributed by atoms with Crippen LogP contribution in [0.5, 0.6) is 0 Å². The summed E-state index contributed by atoms with van der Waals surface area (Å²) in [6.07, 6.45) is 8.30. The quantitative estimate of drug-likeness (QED) is 0.647. The van der Waals surface area contributed by atoms with Crippen molar-refractivity contribution in [3.05, 3.63) is 65.2 Å². The van der Waals surface area contributed by atoms with Crippen LogP contribution < -0.4 is 10.6 Å². The lowest BCUT2D eigenvalue weighted by Gasteiger charge is -2.54. The number of hydrogen-bond donors (Lipinski definition) is 2. The first-order chi connectivity index (χ1) is 16.6. The molecule has 2 N–H and O–H groups in total. The topological polar surface area (TPSA) is 44.4 Å². The number of carbonyl (C=O) groups is 1. The molecule has 1 saturated heterocycles. The molecule has 1 heterocycles. The van der Waals surface area contributed by atoms with E-state index in [2.05, 4.69) is 39.5 Å². The molecule has 4 aliphatic carbocycles. The van der Waals surface area contributed by atoms with Gasteiger partial charge in [-0.2, -0.15) is 0 Å². The Bertz CT molecular complexity index is 1050. The number of hydrogen-bond acceptors (Lipinski definition) is 3. The first-order valence-electron chi connectivity index (χ1n) is 13.1. The predicted molar refractivity (Wildman–Crippen MR) is 136 cm³/mol. The van der Waals surface area contributed by atoms with Gasteiger partial charge in [0.2, 0.25) is 0 Å². The van der Waals surface area contributed by atoms with E-state index < -0.39 is 0 Å². The molecular formula is C30H35N3O. The van der Waals surface area contributed by atoms with Crippen molar-refractivity contribution < 1.29 is 4.79 Å². The number of nitrogens with one attached hydrogen (secondary N) is 2. The average molecular weight is 454 g/mol. The third kappa shape index (κ3) is 4.78. The van der Waals surface area contributed by atoms with Gasteiger partial charge in [-0.25, -0.2) is 0 Å². The van der Waals surface area contributed by atoms with Gasteiger partial charge in [-0.1, -0.05) is 24.0 Å². The highest BCUT2D eigenvalue weighted by molar-refractivity contribution is 6.04. The summed E-state index contributed by atoms with van der Waals surface area (Å²) in [6, 6.07) is 16.0. The van der Waals surface area contributed by atoms with E-state index in [-0.39, 0.29) is 11.3 Å². The molecule has 1 amide bonds. The maximum Gasteiger partial charge on any atom is 0.255 e. The standard InChI is InChI=1S/C30H35N3O/c34-29(27-5-1-23(2-6-27)21-33-13-11-31-12-14-33)32-28-7-3-22(4-8-28)9-10-30-18-24-15-25(19-30)17-26(16-24)20-30/h1-8,24-26,31H,11-21H2,(H,32,34). The van der Waals surface area contributed by atoms with Gasteiger partial charge >= 0.3 is 0 Å². The molecule has 0 spiro atoms. The molecule has 7 rings (SSSR count). The average Bonchev–Trinajstić information content (AvgIpc) is 2.84. The Hall–Kier alpha value is -2.61. The highest BCUT2D eigenvalue weighted by Crippen LogP contribution is 2.59. The highest BCUT2D eigenvalue weighted by Gasteiger charge is 2.50. The van der Waals surface area contributed by atoms with E-state index in [1.54, 1.807) is 0 Å². The van der Waals surface area contributed by atoms with E-state index in [0.717, 1.165) is 61.7 Å². The van der Waals surface area contributed by atoms with Crippen LogP contribution in [0.1, 0.15) is 60.0 Å². The Labute approximate surface area is 203 Å². The van der Waals surface area contributed by atoms with Crippen LogP contribution in [-0.2, 0) is 6.54 Å². The summed E-state index contributed by atoms with van der Waals surface area (Å²) >= 11 is 0. The Morgan fingerprint density at radius 1 is 0.912 bits per heavy atom. The van der Waals surface area contributed by atoms with Gasteiger partial charge in [0.25, 0.3) is 5.91 Å². The van der Waals surface area contributed by atoms with Gasteiger partial charge < -0.3 is 10.6 Å². The largest absolute Gasteiger partial charge is 0.322 e. The van der Waals surface area contributed by atoms with Gasteiger partial charge in [0, 0.05) is 55.0 Å². The van der Waals surface area contributed by atoms with Crippen LogP contribution in [-0.4, -0.2) is 37.0 Å². The van der Waals surface area contributed by atoms with Gasteiger partial charge in [-0.15, -0.1) is 0 Å². The minimum atomic E-state index is -0.0684. The Morgan fingerprint density at radius 2 is 1.53 bits per heavy atom. The summed E-state index contributed by atoms with van der Waals surface area (Å²) in [6.45, 7) is 5.19. The molecule has 4 nitrogen and oxygen atoms in total.